The number of nitrogens with one attached hydrogen (secondary N) is 4. The fourth-order valence-electron chi connectivity index (χ4n) is 2.79. The molecule has 3 rings (SSSR count). The van der Waals surface area contributed by atoms with Gasteiger partial charge in [-0.05, 0) is 36.2 Å². The molecule has 0 aromatic heterocycles. The lowest BCUT2D eigenvalue weighted by Crippen LogP contribution is -2.42. The molecule has 9 heteroatoms. The molecule has 1 aliphatic rings. The van der Waals surface area contributed by atoms with Gasteiger partial charge in [-0.2, -0.15) is 0 Å². The van der Waals surface area contributed by atoms with Crippen LogP contribution >= 0.6 is 0 Å². The lowest BCUT2D eigenvalue weighted by Gasteiger charge is -2.12. The second-order valence-corrected chi connectivity index (χ2v) is 6.57. The van der Waals surface area contributed by atoms with Crippen molar-refractivity contribution in [3.63, 3.8) is 0 Å². The molecule has 0 bridgehead atoms. The van der Waals surface area contributed by atoms with Crippen LogP contribution in [-0.4, -0.2) is 37.7 Å². The van der Waals surface area contributed by atoms with Crippen molar-refractivity contribution in [2.24, 2.45) is 0 Å². The number of carbonyl (C=O) groups excluding carboxylic acids is 3. The van der Waals surface area contributed by atoms with E-state index in [4.69, 9.17) is 9.47 Å². The summed E-state index contributed by atoms with van der Waals surface area (Å²) in [6.45, 7) is 2.75. The van der Waals surface area contributed by atoms with Crippen molar-refractivity contribution in [2.75, 3.05) is 25.2 Å². The van der Waals surface area contributed by atoms with E-state index in [1.165, 1.54) is 0 Å². The van der Waals surface area contributed by atoms with E-state index in [9.17, 15) is 14.4 Å². The molecule has 4 amide bonds. The molecule has 2 aromatic carbocycles. The van der Waals surface area contributed by atoms with Crippen LogP contribution in [0.15, 0.2) is 42.5 Å². The third kappa shape index (κ3) is 5.63. The number of fused-ring (bicyclic) bond motifs is 1. The third-order valence-electron chi connectivity index (χ3n) is 4.29. The molecule has 9 nitrogen and oxygen atoms in total. The number of para-hydroxylation sites is 1. The molecule has 2 aromatic rings. The van der Waals surface area contributed by atoms with Gasteiger partial charge in [0, 0.05) is 18.8 Å². The summed E-state index contributed by atoms with van der Waals surface area (Å²) >= 11 is 0. The monoisotopic (exact) mass is 412 g/mol. The van der Waals surface area contributed by atoms with Crippen LogP contribution in [0.4, 0.5) is 10.5 Å². The van der Waals surface area contributed by atoms with Crippen LogP contribution in [0, 0.1) is 0 Å². The molecule has 0 fully saturated rings. The van der Waals surface area contributed by atoms with Crippen LogP contribution in [0.5, 0.6) is 11.5 Å². The van der Waals surface area contributed by atoms with Gasteiger partial charge in [0.05, 0.1) is 12.1 Å². The van der Waals surface area contributed by atoms with Crippen LogP contribution in [0.3, 0.4) is 0 Å². The Morgan fingerprint density at radius 1 is 1.00 bits per heavy atom. The van der Waals surface area contributed by atoms with Crippen molar-refractivity contribution >= 4 is 23.5 Å². The zero-order valence-electron chi connectivity index (χ0n) is 16.6. The fraction of sp³-hybridized carbons (Fsp3) is 0.286. The Morgan fingerprint density at radius 2 is 1.80 bits per heavy atom. The second-order valence-electron chi connectivity index (χ2n) is 6.57. The predicted molar refractivity (Wildman–Crippen MR) is 110 cm³/mol. The summed E-state index contributed by atoms with van der Waals surface area (Å²) in [4.78, 5) is 36.1. The molecule has 0 radical (unpaired) electrons. The standard InChI is InChI=1S/C21H24N4O5/c1-2-9-22-21(28)25-19(26)12-23-16-6-4-3-5-15(16)20(27)24-11-14-7-8-17-18(10-14)30-13-29-17/h3-8,10,23H,2,9,11-13H2,1H3,(H,24,27)(H2,22,25,26,28). The Morgan fingerprint density at radius 3 is 2.63 bits per heavy atom. The van der Waals surface area contributed by atoms with E-state index in [-0.39, 0.29) is 19.2 Å². The molecule has 0 aliphatic carbocycles. The molecular formula is C21H24N4O5. The molecule has 0 atom stereocenters. The van der Waals surface area contributed by atoms with Gasteiger partial charge in [0.25, 0.3) is 5.91 Å². The number of benzene rings is 2. The molecule has 4 N–H and O–H groups in total. The van der Waals surface area contributed by atoms with Crippen LogP contribution < -0.4 is 30.7 Å². The Balaban J connectivity index is 1.54. The smallest absolute Gasteiger partial charge is 0.321 e. The Kier molecular flexibility index (Phi) is 7.09. The zero-order valence-corrected chi connectivity index (χ0v) is 16.6. The van der Waals surface area contributed by atoms with Crippen molar-refractivity contribution in [1.29, 1.82) is 0 Å². The second kappa shape index (κ2) is 10.1. The minimum absolute atomic E-state index is 0.147. The van der Waals surface area contributed by atoms with Gasteiger partial charge in [0.1, 0.15) is 0 Å². The van der Waals surface area contributed by atoms with Gasteiger partial charge < -0.3 is 25.4 Å². The SMILES string of the molecule is CCCNC(=O)NC(=O)CNc1ccccc1C(=O)NCc1ccc2c(c1)OCO2. The first-order chi connectivity index (χ1) is 14.6. The van der Waals surface area contributed by atoms with E-state index in [1.807, 2.05) is 19.1 Å². The fourth-order valence-corrected chi connectivity index (χ4v) is 2.79. The number of urea groups is 1. The third-order valence-corrected chi connectivity index (χ3v) is 4.29. The van der Waals surface area contributed by atoms with Crippen molar-refractivity contribution in [3.05, 3.63) is 53.6 Å². The van der Waals surface area contributed by atoms with Crippen molar-refractivity contribution < 1.29 is 23.9 Å². The highest BCUT2D eigenvalue weighted by Gasteiger charge is 2.15. The number of hydrogen-bond acceptors (Lipinski definition) is 6. The number of anilines is 1. The minimum atomic E-state index is -0.543. The molecule has 158 valence electrons. The average Bonchev–Trinajstić information content (AvgIpc) is 3.22. The number of carbonyl (C=O) groups is 3. The van der Waals surface area contributed by atoms with Gasteiger partial charge in [0.15, 0.2) is 11.5 Å². The molecule has 1 heterocycles. The molecule has 0 unspecified atom stereocenters. The summed E-state index contributed by atoms with van der Waals surface area (Å²) in [5.74, 6) is 0.537. The zero-order chi connectivity index (χ0) is 21.3. The summed E-state index contributed by atoms with van der Waals surface area (Å²) in [6.07, 6.45) is 0.772. The Labute approximate surface area is 174 Å². The lowest BCUT2D eigenvalue weighted by atomic mass is 10.1. The van der Waals surface area contributed by atoms with Crippen LogP contribution in [0.1, 0.15) is 29.3 Å². The summed E-state index contributed by atoms with van der Waals surface area (Å²) in [5, 5.41) is 10.5. The summed E-state index contributed by atoms with van der Waals surface area (Å²) in [5.41, 5.74) is 1.75. The average molecular weight is 412 g/mol. The summed E-state index contributed by atoms with van der Waals surface area (Å²) in [6, 6.07) is 11.8. The van der Waals surface area contributed by atoms with Crippen LogP contribution in [-0.2, 0) is 11.3 Å². The highest BCUT2D eigenvalue weighted by molar-refractivity contribution is 6.01. The van der Waals surface area contributed by atoms with Gasteiger partial charge in [-0.15, -0.1) is 0 Å². The number of hydrogen-bond donors (Lipinski definition) is 4. The van der Waals surface area contributed by atoms with Gasteiger partial charge >= 0.3 is 6.03 Å². The maximum Gasteiger partial charge on any atom is 0.321 e. The largest absolute Gasteiger partial charge is 0.454 e. The number of rotatable bonds is 8. The quantitative estimate of drug-likeness (QED) is 0.527. The van der Waals surface area contributed by atoms with E-state index >= 15 is 0 Å². The van der Waals surface area contributed by atoms with Crippen LogP contribution in [0.2, 0.25) is 0 Å². The maximum absolute atomic E-state index is 12.6. The highest BCUT2D eigenvalue weighted by Crippen LogP contribution is 2.32. The highest BCUT2D eigenvalue weighted by atomic mass is 16.7. The molecule has 1 aliphatic heterocycles. The van der Waals surface area contributed by atoms with Gasteiger partial charge in [0.2, 0.25) is 12.7 Å². The predicted octanol–water partition coefficient (Wildman–Crippen LogP) is 1.99. The van der Waals surface area contributed by atoms with E-state index in [1.54, 1.807) is 30.3 Å². The van der Waals surface area contributed by atoms with E-state index in [0.717, 1.165) is 12.0 Å². The maximum atomic E-state index is 12.6. The minimum Gasteiger partial charge on any atom is -0.454 e. The van der Waals surface area contributed by atoms with Crippen LogP contribution in [0.25, 0.3) is 0 Å². The Hall–Kier alpha value is -3.75. The summed E-state index contributed by atoms with van der Waals surface area (Å²) in [7, 11) is 0. The summed E-state index contributed by atoms with van der Waals surface area (Å²) < 4.78 is 10.6. The van der Waals surface area contributed by atoms with E-state index < -0.39 is 11.9 Å². The van der Waals surface area contributed by atoms with Gasteiger partial charge in [-0.3, -0.25) is 14.9 Å². The molecule has 30 heavy (non-hydrogen) atoms. The first kappa shape index (κ1) is 21.0. The number of imide groups is 1. The normalized spacial score (nSPS) is 11.5. The first-order valence-electron chi connectivity index (χ1n) is 9.64. The topological polar surface area (TPSA) is 118 Å². The van der Waals surface area contributed by atoms with E-state index in [2.05, 4.69) is 21.3 Å². The number of amides is 4. The first-order valence-corrected chi connectivity index (χ1v) is 9.64. The molecule has 0 spiro atoms. The Bertz CT molecular complexity index is 931. The molecule has 0 saturated heterocycles. The van der Waals surface area contributed by atoms with Crippen molar-refractivity contribution in [3.8, 4) is 11.5 Å². The van der Waals surface area contributed by atoms with Gasteiger partial charge in [-0.25, -0.2) is 4.79 Å². The lowest BCUT2D eigenvalue weighted by molar-refractivity contribution is -0.118. The van der Waals surface area contributed by atoms with Crippen molar-refractivity contribution in [1.82, 2.24) is 16.0 Å². The van der Waals surface area contributed by atoms with E-state index in [0.29, 0.717) is 35.8 Å². The van der Waals surface area contributed by atoms with Gasteiger partial charge in [-0.1, -0.05) is 25.1 Å². The molecular weight excluding hydrogens is 388 g/mol. The number of ether oxygens (including phenoxy) is 2. The molecule has 0 saturated carbocycles. The van der Waals surface area contributed by atoms with Crippen molar-refractivity contribution in [2.45, 2.75) is 19.9 Å².